The third-order valence-electron chi connectivity index (χ3n) is 4.16. The normalized spacial score (nSPS) is 13.2. The van der Waals surface area contributed by atoms with Gasteiger partial charge in [-0.15, -0.1) is 10.2 Å². The summed E-state index contributed by atoms with van der Waals surface area (Å²) in [5.41, 5.74) is 2.19. The highest BCUT2D eigenvalue weighted by Gasteiger charge is 2.17. The quantitative estimate of drug-likeness (QED) is 0.739. The maximum Gasteiger partial charge on any atom is 0.247 e. The molecule has 0 radical (unpaired) electrons. The molecule has 0 bridgehead atoms. The van der Waals surface area contributed by atoms with Crippen LogP contribution in [0.5, 0.6) is 0 Å². The molecule has 3 heterocycles. The highest BCUT2D eigenvalue weighted by Crippen LogP contribution is 2.22. The highest BCUT2D eigenvalue weighted by molar-refractivity contribution is 5.92. The summed E-state index contributed by atoms with van der Waals surface area (Å²) in [6.07, 6.45) is 1.74. The number of hydrogen-bond acceptors (Lipinski definition) is 5. The number of aromatic nitrogens is 4. The second kappa shape index (κ2) is 6.93. The minimum atomic E-state index is -0.188. The lowest BCUT2D eigenvalue weighted by atomic mass is 10.1. The number of nitrogens with zero attached hydrogens (tertiary/aromatic N) is 3. The first-order chi connectivity index (χ1) is 12.7. The van der Waals surface area contributed by atoms with Gasteiger partial charge in [0.15, 0.2) is 11.6 Å². The molecule has 8 nitrogen and oxygen atoms in total. The minimum Gasteiger partial charge on any atom is -0.372 e. The summed E-state index contributed by atoms with van der Waals surface area (Å²) in [6.45, 7) is 1.86. The number of benzene rings is 1. The summed E-state index contributed by atoms with van der Waals surface area (Å²) >= 11 is 0. The van der Waals surface area contributed by atoms with Gasteiger partial charge in [0.1, 0.15) is 6.61 Å². The van der Waals surface area contributed by atoms with Crippen molar-refractivity contribution in [1.82, 2.24) is 19.7 Å². The van der Waals surface area contributed by atoms with Crippen molar-refractivity contribution in [3.8, 4) is 11.4 Å². The molecule has 3 aromatic rings. The van der Waals surface area contributed by atoms with Gasteiger partial charge in [-0.2, -0.15) is 0 Å². The van der Waals surface area contributed by atoms with E-state index in [0.717, 1.165) is 29.3 Å². The molecule has 0 unspecified atom stereocenters. The number of nitrogens with one attached hydrogen (secondary N) is 2. The van der Waals surface area contributed by atoms with Crippen LogP contribution in [0.15, 0.2) is 47.4 Å². The van der Waals surface area contributed by atoms with Gasteiger partial charge in [0.25, 0.3) is 0 Å². The van der Waals surface area contributed by atoms with Crippen LogP contribution in [0.3, 0.4) is 0 Å². The lowest BCUT2D eigenvalue weighted by Gasteiger charge is -2.15. The molecule has 0 spiro atoms. The van der Waals surface area contributed by atoms with E-state index in [4.69, 9.17) is 4.74 Å². The van der Waals surface area contributed by atoms with E-state index in [1.54, 1.807) is 12.3 Å². The van der Waals surface area contributed by atoms with E-state index >= 15 is 0 Å². The number of rotatable bonds is 4. The van der Waals surface area contributed by atoms with E-state index in [1.807, 2.05) is 28.8 Å². The number of carbonyl (C=O) groups is 1. The van der Waals surface area contributed by atoms with Crippen molar-refractivity contribution < 1.29 is 9.53 Å². The van der Waals surface area contributed by atoms with Crippen molar-refractivity contribution in [3.05, 3.63) is 64.3 Å². The van der Waals surface area contributed by atoms with Crippen molar-refractivity contribution in [1.29, 1.82) is 0 Å². The molecule has 1 aromatic carbocycles. The van der Waals surface area contributed by atoms with Crippen LogP contribution in [0.4, 0.5) is 5.69 Å². The van der Waals surface area contributed by atoms with E-state index in [9.17, 15) is 9.59 Å². The second-order valence-electron chi connectivity index (χ2n) is 6.01. The zero-order chi connectivity index (χ0) is 17.9. The molecule has 8 heteroatoms. The fourth-order valence-corrected chi connectivity index (χ4v) is 2.86. The molecule has 1 aliphatic rings. The Morgan fingerprint density at radius 3 is 2.81 bits per heavy atom. The molecule has 2 aromatic heterocycles. The van der Waals surface area contributed by atoms with Gasteiger partial charge in [-0.3, -0.25) is 9.59 Å². The van der Waals surface area contributed by atoms with Crippen LogP contribution < -0.4 is 10.9 Å². The lowest BCUT2D eigenvalue weighted by Crippen LogP contribution is -2.17. The molecule has 2 N–H and O–H groups in total. The van der Waals surface area contributed by atoms with Gasteiger partial charge in [0.2, 0.25) is 11.5 Å². The van der Waals surface area contributed by atoms with E-state index < -0.39 is 0 Å². The van der Waals surface area contributed by atoms with E-state index in [2.05, 4.69) is 20.5 Å². The van der Waals surface area contributed by atoms with E-state index in [1.165, 1.54) is 6.07 Å². The number of ether oxygens (including phenoxy) is 1. The lowest BCUT2D eigenvalue weighted by molar-refractivity contribution is -0.115. The summed E-state index contributed by atoms with van der Waals surface area (Å²) in [5.74, 6) is 1.47. The summed E-state index contributed by atoms with van der Waals surface area (Å²) < 4.78 is 7.42. The molecule has 0 aliphatic carbocycles. The number of pyridine rings is 1. The molecule has 1 aliphatic heterocycles. The third kappa shape index (κ3) is 3.40. The summed E-state index contributed by atoms with van der Waals surface area (Å²) in [4.78, 5) is 25.7. The fourth-order valence-electron chi connectivity index (χ4n) is 2.86. The van der Waals surface area contributed by atoms with Crippen LogP contribution in [0, 0.1) is 0 Å². The van der Waals surface area contributed by atoms with Crippen LogP contribution >= 0.6 is 0 Å². The number of H-pyrrole nitrogens is 1. The SMILES string of the molecule is O=C(Cc1ccc(=O)[nH]c1)Nc1ccc(-c2nnc3n2CCOC3)cc1. The predicted molar refractivity (Wildman–Crippen MR) is 94.5 cm³/mol. The Morgan fingerprint density at radius 1 is 1.19 bits per heavy atom. The Morgan fingerprint density at radius 2 is 2.04 bits per heavy atom. The predicted octanol–water partition coefficient (Wildman–Crippen LogP) is 1.34. The summed E-state index contributed by atoms with van der Waals surface area (Å²) in [7, 11) is 0. The zero-order valence-corrected chi connectivity index (χ0v) is 13.9. The standard InChI is InChI=1S/C18H17N5O3/c24-16-6-1-12(10-19-16)9-17(25)20-14-4-2-13(3-5-14)18-22-21-15-11-26-8-7-23(15)18/h1-6,10H,7-9,11H2,(H,19,24)(H,20,25). The Balaban J connectivity index is 1.44. The number of amides is 1. The van der Waals surface area contributed by atoms with E-state index in [0.29, 0.717) is 18.9 Å². The van der Waals surface area contributed by atoms with E-state index in [-0.39, 0.29) is 17.9 Å². The van der Waals surface area contributed by atoms with Gasteiger partial charge in [0.05, 0.1) is 13.0 Å². The zero-order valence-electron chi connectivity index (χ0n) is 13.9. The highest BCUT2D eigenvalue weighted by atomic mass is 16.5. The number of aromatic amines is 1. The number of anilines is 1. The molecule has 0 fully saturated rings. The first kappa shape index (κ1) is 16.2. The maximum atomic E-state index is 12.1. The first-order valence-corrected chi connectivity index (χ1v) is 8.27. The van der Waals surface area contributed by atoms with Crippen LogP contribution in [0.2, 0.25) is 0 Å². The Kier molecular flexibility index (Phi) is 4.32. The van der Waals surface area contributed by atoms with Crippen molar-refractivity contribution in [2.75, 3.05) is 11.9 Å². The van der Waals surface area contributed by atoms with Gasteiger partial charge in [-0.1, -0.05) is 6.07 Å². The fraction of sp³-hybridized carbons (Fsp3) is 0.222. The Bertz CT molecular complexity index is 970. The van der Waals surface area contributed by atoms with Gasteiger partial charge in [-0.05, 0) is 29.8 Å². The topological polar surface area (TPSA) is 102 Å². The van der Waals surface area contributed by atoms with Gasteiger partial charge < -0.3 is 19.6 Å². The minimum absolute atomic E-state index is 0.151. The first-order valence-electron chi connectivity index (χ1n) is 8.27. The average molecular weight is 351 g/mol. The molecule has 26 heavy (non-hydrogen) atoms. The van der Waals surface area contributed by atoms with Crippen molar-refractivity contribution >= 4 is 11.6 Å². The van der Waals surface area contributed by atoms with Crippen molar-refractivity contribution in [3.63, 3.8) is 0 Å². The number of carbonyl (C=O) groups excluding carboxylic acids is 1. The van der Waals surface area contributed by atoms with Crippen molar-refractivity contribution in [2.45, 2.75) is 19.6 Å². The van der Waals surface area contributed by atoms with Gasteiger partial charge >= 0.3 is 0 Å². The maximum absolute atomic E-state index is 12.1. The summed E-state index contributed by atoms with van der Waals surface area (Å²) in [6, 6.07) is 10.5. The van der Waals surface area contributed by atoms with Crippen LogP contribution in [0.25, 0.3) is 11.4 Å². The number of fused-ring (bicyclic) bond motifs is 1. The monoisotopic (exact) mass is 351 g/mol. The van der Waals surface area contributed by atoms with Crippen LogP contribution in [-0.4, -0.2) is 32.3 Å². The molecular weight excluding hydrogens is 334 g/mol. The molecule has 1 amide bonds. The van der Waals surface area contributed by atoms with Gasteiger partial charge in [0, 0.05) is 30.1 Å². The number of hydrogen-bond donors (Lipinski definition) is 2. The van der Waals surface area contributed by atoms with Gasteiger partial charge in [-0.25, -0.2) is 0 Å². The Labute approximate surface area is 148 Å². The molecule has 0 atom stereocenters. The molecular formula is C18H17N5O3. The molecule has 132 valence electrons. The molecule has 4 rings (SSSR count). The Hall–Kier alpha value is -3.26. The second-order valence-corrected chi connectivity index (χ2v) is 6.01. The van der Waals surface area contributed by atoms with Crippen molar-refractivity contribution in [2.24, 2.45) is 0 Å². The largest absolute Gasteiger partial charge is 0.372 e. The van der Waals surface area contributed by atoms with Crippen LogP contribution in [0.1, 0.15) is 11.4 Å². The smallest absolute Gasteiger partial charge is 0.247 e. The summed E-state index contributed by atoms with van der Waals surface area (Å²) in [5, 5.41) is 11.2. The third-order valence-corrected chi connectivity index (χ3v) is 4.16. The molecule has 0 saturated heterocycles. The average Bonchev–Trinajstić information content (AvgIpc) is 3.08. The van der Waals surface area contributed by atoms with Crippen LogP contribution in [-0.2, 0) is 29.1 Å². The molecule has 0 saturated carbocycles.